The average Bonchev–Trinajstić information content (AvgIpc) is 3.49. The highest BCUT2D eigenvalue weighted by Gasteiger charge is 2.33. The molecule has 2 aromatic heterocycles. The van der Waals surface area contributed by atoms with Gasteiger partial charge in [-0.3, -0.25) is 14.5 Å². The van der Waals surface area contributed by atoms with Crippen LogP contribution in [0.5, 0.6) is 0 Å². The molecule has 1 fully saturated rings. The van der Waals surface area contributed by atoms with E-state index in [-0.39, 0.29) is 24.6 Å². The van der Waals surface area contributed by atoms with E-state index in [2.05, 4.69) is 15.5 Å². The van der Waals surface area contributed by atoms with Crippen LogP contribution in [0.25, 0.3) is 11.5 Å². The molecule has 0 aliphatic carbocycles. The fourth-order valence-electron chi connectivity index (χ4n) is 3.62. The van der Waals surface area contributed by atoms with Gasteiger partial charge in [0.05, 0.1) is 17.8 Å². The second-order valence-electron chi connectivity index (χ2n) is 7.76. The number of benzene rings is 1. The van der Waals surface area contributed by atoms with E-state index in [1.165, 1.54) is 29.5 Å². The van der Waals surface area contributed by atoms with Crippen LogP contribution in [0.2, 0.25) is 0 Å². The lowest BCUT2D eigenvalue weighted by molar-refractivity contribution is -0.137. The molecule has 1 N–H and O–H groups in total. The second-order valence-corrected chi connectivity index (χ2v) is 8.54. The van der Waals surface area contributed by atoms with E-state index in [1.54, 1.807) is 9.80 Å². The number of alkyl halides is 3. The fourth-order valence-corrected chi connectivity index (χ4v) is 4.25. The molecule has 8 nitrogen and oxygen atoms in total. The third-order valence-electron chi connectivity index (χ3n) is 5.39. The van der Waals surface area contributed by atoms with E-state index in [0.29, 0.717) is 44.4 Å². The minimum absolute atomic E-state index is 0.0540. The van der Waals surface area contributed by atoms with Crippen LogP contribution in [0.3, 0.4) is 0 Å². The number of amides is 2. The number of halogens is 3. The summed E-state index contributed by atoms with van der Waals surface area (Å²) in [5.41, 5.74) is -0.309. The number of hydrogen-bond donors (Lipinski definition) is 1. The van der Waals surface area contributed by atoms with E-state index >= 15 is 0 Å². The minimum Gasteiger partial charge on any atom is -0.421 e. The van der Waals surface area contributed by atoms with Crippen molar-refractivity contribution < 1.29 is 27.2 Å². The summed E-state index contributed by atoms with van der Waals surface area (Å²) in [7, 11) is 0. The number of carbonyl (C=O) groups excluding carboxylic acids is 2. The maximum atomic E-state index is 13.1. The zero-order valence-electron chi connectivity index (χ0n) is 18.0. The molecule has 2 amide bonds. The van der Waals surface area contributed by atoms with Gasteiger partial charge in [0.15, 0.2) is 0 Å². The number of anilines is 1. The number of nitrogens with zero attached hydrogens (tertiary/aromatic N) is 4. The highest BCUT2D eigenvalue weighted by molar-refractivity contribution is 7.08. The number of carbonyl (C=O) groups is 2. The molecule has 0 atom stereocenters. The Labute approximate surface area is 197 Å². The molecule has 180 valence electrons. The van der Waals surface area contributed by atoms with Gasteiger partial charge >= 0.3 is 6.18 Å². The summed E-state index contributed by atoms with van der Waals surface area (Å²) in [6, 6.07) is 6.74. The standard InChI is InChI=1S/C22H22F3N5O3S/c23-22(24,25)16-3-1-2-4-17(16)26-18(31)13-29-8-10-30(11-9-29)20(32)6-5-19-27-28-21(33-19)15-7-12-34-14-15/h1-4,7,12,14H,5-6,8-11,13H2,(H,26,31). The topological polar surface area (TPSA) is 91.6 Å². The molecule has 0 spiro atoms. The molecule has 4 rings (SSSR count). The minimum atomic E-state index is -4.55. The zero-order chi connectivity index (χ0) is 24.1. The molecule has 1 aromatic carbocycles. The third-order valence-corrected chi connectivity index (χ3v) is 6.07. The summed E-state index contributed by atoms with van der Waals surface area (Å²) in [6.07, 6.45) is -4.00. The monoisotopic (exact) mass is 493 g/mol. The maximum absolute atomic E-state index is 13.1. The smallest absolute Gasteiger partial charge is 0.418 e. The quantitative estimate of drug-likeness (QED) is 0.542. The first kappa shape index (κ1) is 23.9. The Balaban J connectivity index is 1.21. The Bertz CT molecular complexity index is 1130. The van der Waals surface area contributed by atoms with Gasteiger partial charge < -0.3 is 14.6 Å². The number of para-hydroxylation sites is 1. The predicted octanol–water partition coefficient (Wildman–Crippen LogP) is 3.53. The van der Waals surface area contributed by atoms with Gasteiger partial charge in [0.1, 0.15) is 0 Å². The zero-order valence-corrected chi connectivity index (χ0v) is 18.9. The van der Waals surface area contributed by atoms with Gasteiger partial charge in [0, 0.05) is 50.0 Å². The van der Waals surface area contributed by atoms with Crippen molar-refractivity contribution in [1.82, 2.24) is 20.0 Å². The van der Waals surface area contributed by atoms with Crippen molar-refractivity contribution in [2.24, 2.45) is 0 Å². The van der Waals surface area contributed by atoms with Crippen LogP contribution < -0.4 is 5.32 Å². The van der Waals surface area contributed by atoms with Crippen LogP contribution >= 0.6 is 11.3 Å². The third kappa shape index (κ3) is 6.00. The van der Waals surface area contributed by atoms with Crippen molar-refractivity contribution >= 4 is 28.8 Å². The molecule has 0 bridgehead atoms. The van der Waals surface area contributed by atoms with E-state index < -0.39 is 17.6 Å². The summed E-state index contributed by atoms with van der Waals surface area (Å²) in [5, 5.41) is 14.1. The number of aryl methyl sites for hydroxylation is 1. The van der Waals surface area contributed by atoms with Crippen molar-refractivity contribution in [2.75, 3.05) is 38.0 Å². The molecule has 1 saturated heterocycles. The maximum Gasteiger partial charge on any atom is 0.418 e. The van der Waals surface area contributed by atoms with E-state index in [4.69, 9.17) is 4.42 Å². The molecule has 3 aromatic rings. The summed E-state index contributed by atoms with van der Waals surface area (Å²) < 4.78 is 44.9. The van der Waals surface area contributed by atoms with E-state index in [1.807, 2.05) is 16.8 Å². The van der Waals surface area contributed by atoms with Crippen LogP contribution in [0.15, 0.2) is 45.5 Å². The van der Waals surface area contributed by atoms with Gasteiger partial charge in [0.2, 0.25) is 23.6 Å². The Morgan fingerprint density at radius 3 is 2.56 bits per heavy atom. The van der Waals surface area contributed by atoms with Crippen molar-refractivity contribution in [3.05, 3.63) is 52.5 Å². The van der Waals surface area contributed by atoms with E-state index in [0.717, 1.165) is 11.6 Å². The molecule has 34 heavy (non-hydrogen) atoms. The Hall–Kier alpha value is -3.25. The first-order valence-corrected chi connectivity index (χ1v) is 11.5. The predicted molar refractivity (Wildman–Crippen MR) is 119 cm³/mol. The summed E-state index contributed by atoms with van der Waals surface area (Å²) in [5.74, 6) is 0.227. The number of hydrogen-bond acceptors (Lipinski definition) is 7. The number of thiophene rings is 1. The van der Waals surface area contributed by atoms with Gasteiger partial charge in [0.25, 0.3) is 0 Å². The molecule has 0 unspecified atom stereocenters. The average molecular weight is 494 g/mol. The number of nitrogens with one attached hydrogen (secondary N) is 1. The molecule has 3 heterocycles. The summed E-state index contributed by atoms with van der Waals surface area (Å²) in [6.45, 7) is 1.69. The number of aromatic nitrogens is 2. The largest absolute Gasteiger partial charge is 0.421 e. The highest BCUT2D eigenvalue weighted by Crippen LogP contribution is 2.34. The normalized spacial score (nSPS) is 14.9. The Morgan fingerprint density at radius 2 is 1.85 bits per heavy atom. The van der Waals surface area contributed by atoms with Gasteiger partial charge in [-0.05, 0) is 23.6 Å². The number of piperazine rings is 1. The van der Waals surface area contributed by atoms with Crippen LogP contribution in [0.1, 0.15) is 17.9 Å². The Morgan fingerprint density at radius 1 is 1.09 bits per heavy atom. The molecular weight excluding hydrogens is 471 g/mol. The van der Waals surface area contributed by atoms with Gasteiger partial charge in [-0.25, -0.2) is 0 Å². The van der Waals surface area contributed by atoms with Crippen molar-refractivity contribution in [1.29, 1.82) is 0 Å². The molecule has 1 aliphatic heterocycles. The lowest BCUT2D eigenvalue weighted by Crippen LogP contribution is -2.50. The van der Waals surface area contributed by atoms with Gasteiger partial charge in [-0.15, -0.1) is 10.2 Å². The van der Waals surface area contributed by atoms with Gasteiger partial charge in [-0.1, -0.05) is 12.1 Å². The van der Waals surface area contributed by atoms with Gasteiger partial charge in [-0.2, -0.15) is 24.5 Å². The van der Waals surface area contributed by atoms with Crippen LogP contribution in [-0.2, 0) is 22.2 Å². The van der Waals surface area contributed by atoms with Crippen molar-refractivity contribution in [3.8, 4) is 11.5 Å². The fraction of sp³-hybridized carbons (Fsp3) is 0.364. The van der Waals surface area contributed by atoms with Crippen LogP contribution in [-0.4, -0.2) is 64.5 Å². The lowest BCUT2D eigenvalue weighted by Gasteiger charge is -2.34. The molecular formula is C22H22F3N5O3S. The highest BCUT2D eigenvalue weighted by atomic mass is 32.1. The van der Waals surface area contributed by atoms with E-state index in [9.17, 15) is 22.8 Å². The molecule has 12 heteroatoms. The number of rotatable bonds is 7. The first-order chi connectivity index (χ1) is 16.3. The SMILES string of the molecule is O=C(CN1CCN(C(=O)CCc2nnc(-c3ccsc3)o2)CC1)Nc1ccccc1C(F)(F)F. The first-order valence-electron chi connectivity index (χ1n) is 10.6. The molecule has 1 aliphatic rings. The molecule has 0 radical (unpaired) electrons. The summed E-state index contributed by atoms with van der Waals surface area (Å²) in [4.78, 5) is 28.3. The second kappa shape index (κ2) is 10.3. The van der Waals surface area contributed by atoms with Crippen molar-refractivity contribution in [3.63, 3.8) is 0 Å². The summed E-state index contributed by atoms with van der Waals surface area (Å²) >= 11 is 1.52. The van der Waals surface area contributed by atoms with Crippen LogP contribution in [0, 0.1) is 0 Å². The molecule has 0 saturated carbocycles. The van der Waals surface area contributed by atoms with Crippen molar-refractivity contribution in [2.45, 2.75) is 19.0 Å². The van der Waals surface area contributed by atoms with Crippen LogP contribution in [0.4, 0.5) is 18.9 Å². The Kier molecular flexibility index (Phi) is 7.27. The lowest BCUT2D eigenvalue weighted by atomic mass is 10.1.